The van der Waals surface area contributed by atoms with Gasteiger partial charge in [-0.2, -0.15) is 0 Å². The number of benzene rings is 2. The van der Waals surface area contributed by atoms with Gasteiger partial charge in [-0.3, -0.25) is 0 Å². The lowest BCUT2D eigenvalue weighted by Crippen LogP contribution is -2.12. The number of rotatable bonds is 6. The highest BCUT2D eigenvalue weighted by atomic mass is 35.5. The van der Waals surface area contributed by atoms with E-state index in [4.69, 9.17) is 73.3 Å². The molecule has 0 saturated heterocycles. The number of aromatic nitrogens is 2. The Balaban J connectivity index is 0.000000945. The van der Waals surface area contributed by atoms with E-state index in [1.807, 2.05) is 0 Å². The molecule has 0 saturated carbocycles. The predicted octanol–water partition coefficient (Wildman–Crippen LogP) is 6.11. The van der Waals surface area contributed by atoms with Gasteiger partial charge in [0.15, 0.2) is 0 Å². The lowest BCUT2D eigenvalue weighted by Gasteiger charge is -2.21. The second-order valence-electron chi connectivity index (χ2n) is 5.10. The normalized spacial score (nSPS) is 16.1. The molecule has 3 aromatic rings. The van der Waals surface area contributed by atoms with Gasteiger partial charge in [0.05, 0.1) is 26.2 Å². The molecule has 1 unspecified atom stereocenters. The predicted molar refractivity (Wildman–Crippen MR) is 111 cm³/mol. The van der Waals surface area contributed by atoms with Crippen molar-refractivity contribution in [1.82, 2.24) is 9.55 Å². The van der Waals surface area contributed by atoms with Gasteiger partial charge in [-0.1, -0.05) is 58.5 Å². The highest BCUT2D eigenvalue weighted by molar-refractivity contribution is 6.35. The molecule has 11 heteroatoms. The third kappa shape index (κ3) is 7.72. The molecule has 3 rings (SSSR count). The molecule has 0 bridgehead atoms. The van der Waals surface area contributed by atoms with Gasteiger partial charge < -0.3 is 14.5 Å². The molecule has 1 N–H and O–H groups in total. The number of hydrogen-bond donors (Lipinski definition) is 1. The van der Waals surface area contributed by atoms with Gasteiger partial charge in [-0.25, -0.2) is 4.98 Å². The zero-order chi connectivity index (χ0) is 25.9. The lowest BCUT2D eigenvalue weighted by atomic mass is 10.1. The van der Waals surface area contributed by atoms with Crippen LogP contribution in [0.2, 0.25) is 20.1 Å². The van der Waals surface area contributed by atoms with Gasteiger partial charge in [0, 0.05) is 38.0 Å². The molecule has 7 nitrogen and oxygen atoms in total. The SMILES string of the molecule is O=[N+]([O-])O.[2H]C([2H])(OC([2H])(c1ccc(Cl)cc1Cl)C([2H])([2H])n1ccnc1)c1ccc(Cl)cc1Cl. The minimum atomic E-state index is -2.69. The molecule has 1 aromatic heterocycles. The first kappa shape index (κ1) is 16.7. The van der Waals surface area contributed by atoms with Crippen LogP contribution in [0.5, 0.6) is 0 Å². The number of halogens is 4. The van der Waals surface area contributed by atoms with Crippen molar-refractivity contribution in [1.29, 1.82) is 0 Å². The Morgan fingerprint density at radius 1 is 1.21 bits per heavy atom. The van der Waals surface area contributed by atoms with Crippen LogP contribution in [0.3, 0.4) is 0 Å². The quantitative estimate of drug-likeness (QED) is 0.337. The summed E-state index contributed by atoms with van der Waals surface area (Å²) >= 11 is 24.2. The average molecular weight is 484 g/mol. The summed E-state index contributed by atoms with van der Waals surface area (Å²) in [5.41, 5.74) is -0.266. The van der Waals surface area contributed by atoms with E-state index >= 15 is 0 Å². The average Bonchev–Trinajstić information content (AvgIpc) is 3.22. The van der Waals surface area contributed by atoms with Gasteiger partial charge in [0.1, 0.15) is 6.08 Å². The topological polar surface area (TPSA) is 90.4 Å². The minimum absolute atomic E-state index is 0.0414. The van der Waals surface area contributed by atoms with Gasteiger partial charge in [0.25, 0.3) is 5.09 Å². The van der Waals surface area contributed by atoms with Gasteiger partial charge in [0.2, 0.25) is 0 Å². The maximum Gasteiger partial charge on any atom is 0.291 e. The zero-order valence-electron chi connectivity index (χ0n) is 19.2. The van der Waals surface area contributed by atoms with Crippen LogP contribution in [0.4, 0.5) is 0 Å². The maximum atomic E-state index is 8.99. The van der Waals surface area contributed by atoms with Crippen molar-refractivity contribution in [2.75, 3.05) is 0 Å². The molecule has 0 fully saturated rings. The van der Waals surface area contributed by atoms with Crippen LogP contribution in [0.1, 0.15) is 24.1 Å². The molecule has 29 heavy (non-hydrogen) atoms. The van der Waals surface area contributed by atoms with Crippen molar-refractivity contribution < 1.29 is 21.9 Å². The second kappa shape index (κ2) is 11.2. The van der Waals surface area contributed by atoms with E-state index < -0.39 is 24.2 Å². The van der Waals surface area contributed by atoms with Crippen molar-refractivity contribution in [3.05, 3.63) is 96.5 Å². The van der Waals surface area contributed by atoms with Gasteiger partial charge in [-0.15, -0.1) is 10.1 Å². The number of hydrogen-bond acceptors (Lipinski definition) is 4. The van der Waals surface area contributed by atoms with E-state index in [0.717, 1.165) is 10.9 Å². The van der Waals surface area contributed by atoms with Crippen molar-refractivity contribution in [3.8, 4) is 0 Å². The van der Waals surface area contributed by atoms with Crippen LogP contribution in [-0.4, -0.2) is 19.8 Å². The molecule has 2 aromatic carbocycles. The van der Waals surface area contributed by atoms with Crippen molar-refractivity contribution in [2.45, 2.75) is 19.1 Å². The summed E-state index contributed by atoms with van der Waals surface area (Å²) in [6, 6.07) is 8.08. The first-order valence-electron chi connectivity index (χ1n) is 10.0. The van der Waals surface area contributed by atoms with Crippen molar-refractivity contribution in [3.63, 3.8) is 0 Å². The molecule has 1 atom stereocenters. The zero-order valence-corrected chi connectivity index (χ0v) is 17.2. The van der Waals surface area contributed by atoms with E-state index in [0.29, 0.717) is 0 Å². The molecular formula is C18H15Cl4N3O4. The Bertz CT molecular complexity index is 1170. The molecule has 0 aliphatic carbocycles. The fourth-order valence-corrected chi connectivity index (χ4v) is 2.87. The summed E-state index contributed by atoms with van der Waals surface area (Å²) in [7, 11) is 0. The van der Waals surface area contributed by atoms with Crippen LogP contribution in [0, 0.1) is 10.1 Å². The van der Waals surface area contributed by atoms with Gasteiger partial charge >= 0.3 is 0 Å². The second-order valence-corrected chi connectivity index (χ2v) is 6.79. The van der Waals surface area contributed by atoms with E-state index in [1.54, 1.807) is 0 Å². The molecular weight excluding hydrogens is 464 g/mol. The molecule has 0 amide bonds. The van der Waals surface area contributed by atoms with E-state index in [9.17, 15) is 0 Å². The van der Waals surface area contributed by atoms with Crippen LogP contribution < -0.4 is 0 Å². The van der Waals surface area contributed by atoms with E-state index in [1.165, 1.54) is 48.8 Å². The fraction of sp³-hybridized carbons (Fsp3) is 0.167. The number of nitrogens with zero attached hydrogens (tertiary/aromatic N) is 3. The van der Waals surface area contributed by atoms with Crippen LogP contribution in [0.15, 0.2) is 55.1 Å². The highest BCUT2D eigenvalue weighted by Gasteiger charge is 2.17. The largest absolute Gasteiger partial charge is 0.367 e. The molecule has 0 spiro atoms. The Kier molecular flexibility index (Phi) is 6.48. The fourth-order valence-electron chi connectivity index (χ4n) is 1.93. The molecule has 0 aliphatic rings. The Hall–Kier alpha value is -2.03. The summed E-state index contributed by atoms with van der Waals surface area (Å²) in [4.78, 5) is 12.2. The Labute approximate surface area is 193 Å². The maximum absolute atomic E-state index is 8.99. The summed E-state index contributed by atoms with van der Waals surface area (Å²) in [5.74, 6) is 0. The van der Waals surface area contributed by atoms with Crippen LogP contribution in [-0.2, 0) is 17.8 Å². The molecule has 0 radical (unpaired) electrons. The summed E-state index contributed by atoms with van der Waals surface area (Å²) in [6.07, 6.45) is 1.09. The minimum Gasteiger partial charge on any atom is -0.367 e. The van der Waals surface area contributed by atoms with Crippen LogP contribution in [0.25, 0.3) is 0 Å². The number of imidazole rings is 1. The Morgan fingerprint density at radius 2 is 1.83 bits per heavy atom. The third-order valence-electron chi connectivity index (χ3n) is 3.10. The van der Waals surface area contributed by atoms with Crippen molar-refractivity contribution >= 4 is 46.4 Å². The van der Waals surface area contributed by atoms with Gasteiger partial charge in [-0.05, 0) is 29.8 Å². The third-order valence-corrected chi connectivity index (χ3v) is 4.20. The summed E-state index contributed by atoms with van der Waals surface area (Å²) in [5, 5.41) is 14.1. The molecule has 0 aliphatic heterocycles. The Morgan fingerprint density at radius 3 is 2.38 bits per heavy atom. The van der Waals surface area contributed by atoms with E-state index in [-0.39, 0.29) is 31.2 Å². The van der Waals surface area contributed by atoms with Crippen molar-refractivity contribution in [2.24, 2.45) is 0 Å². The first-order chi connectivity index (χ1) is 15.6. The van der Waals surface area contributed by atoms with Crippen LogP contribution >= 0.6 is 46.4 Å². The highest BCUT2D eigenvalue weighted by Crippen LogP contribution is 2.31. The standard InChI is InChI=1S/C18H14Cl4N2O.HNO3/c19-13-2-1-12(16(21)7-13)10-25-18(9-24-6-5-23-11-24)15-4-3-14(20)8-17(15)22;2-1(3)4/h1-8,11,18H,9-10H2;(H,2,3,4)/i9D2,10D2,18D;. The monoisotopic (exact) mass is 482 g/mol. The summed E-state index contributed by atoms with van der Waals surface area (Å²) < 4.78 is 49.6. The summed E-state index contributed by atoms with van der Waals surface area (Å²) in [6.45, 7) is -5.34. The molecule has 154 valence electrons. The molecule has 1 heterocycles. The smallest absolute Gasteiger partial charge is 0.291 e. The number of ether oxygens (including phenoxy) is 1. The lowest BCUT2D eigenvalue weighted by molar-refractivity contribution is -0.742. The van der Waals surface area contributed by atoms with E-state index in [2.05, 4.69) is 4.98 Å². The first-order valence-corrected chi connectivity index (χ1v) is 9.06.